The fourth-order valence-corrected chi connectivity index (χ4v) is 4.82. The van der Waals surface area contributed by atoms with Gasteiger partial charge in [-0.1, -0.05) is 35.2 Å². The molecule has 0 saturated carbocycles. The summed E-state index contributed by atoms with van der Waals surface area (Å²) in [6, 6.07) is 15.0. The molecular weight excluding hydrogens is 372 g/mol. The van der Waals surface area contributed by atoms with Gasteiger partial charge in [-0.3, -0.25) is 0 Å². The van der Waals surface area contributed by atoms with E-state index in [9.17, 15) is 5.11 Å². The molecule has 25 heavy (non-hydrogen) atoms. The molecule has 0 aliphatic heterocycles. The molecule has 1 N–H and O–H groups in total. The van der Waals surface area contributed by atoms with Crippen LogP contribution in [-0.2, 0) is 5.75 Å². The molecule has 0 radical (unpaired) electrons. The number of phenolic OH excluding ortho intramolecular Hbond substituents is 1. The highest BCUT2D eigenvalue weighted by Crippen LogP contribution is 2.32. The van der Waals surface area contributed by atoms with Crippen molar-refractivity contribution in [2.24, 2.45) is 4.99 Å². The van der Waals surface area contributed by atoms with Crippen molar-refractivity contribution >= 4 is 56.0 Å². The van der Waals surface area contributed by atoms with Crippen LogP contribution in [0.15, 0.2) is 57.9 Å². The van der Waals surface area contributed by atoms with E-state index in [1.54, 1.807) is 53.6 Å². The summed E-state index contributed by atoms with van der Waals surface area (Å²) in [6.07, 6.45) is 1.71. The van der Waals surface area contributed by atoms with E-state index < -0.39 is 0 Å². The second kappa shape index (κ2) is 7.30. The maximum atomic E-state index is 9.27. The molecule has 0 saturated heterocycles. The number of aromatic hydroxyl groups is 1. The van der Waals surface area contributed by atoms with E-state index in [2.05, 4.69) is 26.2 Å². The molecule has 0 bridgehead atoms. The molecule has 2 aromatic carbocycles. The second-order valence-electron chi connectivity index (χ2n) is 5.06. The van der Waals surface area contributed by atoms with Crippen LogP contribution in [0.25, 0.3) is 10.2 Å². The third-order valence-corrected chi connectivity index (χ3v) is 6.47. The van der Waals surface area contributed by atoms with Gasteiger partial charge in [-0.15, -0.1) is 21.5 Å². The summed E-state index contributed by atoms with van der Waals surface area (Å²) >= 11 is 4.82. The average Bonchev–Trinajstić information content (AvgIpc) is 3.25. The van der Waals surface area contributed by atoms with E-state index in [4.69, 9.17) is 0 Å². The van der Waals surface area contributed by atoms with Gasteiger partial charge in [-0.05, 0) is 42.0 Å². The Labute approximate surface area is 156 Å². The smallest absolute Gasteiger partial charge is 0.231 e. The van der Waals surface area contributed by atoms with Crippen LogP contribution >= 0.6 is 34.4 Å². The lowest BCUT2D eigenvalue weighted by molar-refractivity contribution is 0.475. The first-order valence-electron chi connectivity index (χ1n) is 7.40. The minimum atomic E-state index is 0.238. The molecule has 0 fully saturated rings. The number of fused-ring (bicyclic) bond motifs is 1. The maximum absolute atomic E-state index is 9.27. The summed E-state index contributed by atoms with van der Waals surface area (Å²) < 4.78 is 2.23. The fourth-order valence-electron chi connectivity index (χ4n) is 2.08. The Morgan fingerprint density at radius 2 is 1.88 bits per heavy atom. The molecule has 4 rings (SSSR count). The normalized spacial score (nSPS) is 11.5. The van der Waals surface area contributed by atoms with Gasteiger partial charge in [-0.2, -0.15) is 0 Å². The number of para-hydroxylation sites is 1. The number of aliphatic imine (C=N–C) groups is 1. The predicted molar refractivity (Wildman–Crippen MR) is 104 cm³/mol. The van der Waals surface area contributed by atoms with Crippen LogP contribution in [0.4, 0.5) is 5.13 Å². The standard InChI is InChI=1S/C17H12N4OS3/c22-12-7-5-11(6-8-12)9-18-16-21-20-15(25-16)10-23-17-19-13-3-1-2-4-14(13)24-17/h1-9,22H,10H2/b18-9+. The van der Waals surface area contributed by atoms with Gasteiger partial charge in [0.05, 0.1) is 16.0 Å². The van der Waals surface area contributed by atoms with Crippen molar-refractivity contribution in [1.29, 1.82) is 0 Å². The van der Waals surface area contributed by atoms with Crippen LogP contribution in [0.3, 0.4) is 0 Å². The van der Waals surface area contributed by atoms with Crippen LogP contribution in [0.1, 0.15) is 10.6 Å². The minimum absolute atomic E-state index is 0.238. The maximum Gasteiger partial charge on any atom is 0.231 e. The molecule has 0 atom stereocenters. The van der Waals surface area contributed by atoms with Gasteiger partial charge in [-0.25, -0.2) is 9.98 Å². The Bertz CT molecular complexity index is 991. The lowest BCUT2D eigenvalue weighted by Crippen LogP contribution is -1.79. The highest BCUT2D eigenvalue weighted by atomic mass is 32.2. The monoisotopic (exact) mass is 384 g/mol. The van der Waals surface area contributed by atoms with Crippen molar-refractivity contribution in [1.82, 2.24) is 15.2 Å². The average molecular weight is 385 g/mol. The number of nitrogens with zero attached hydrogens (tertiary/aromatic N) is 4. The Balaban J connectivity index is 1.40. The number of thiazole rings is 1. The summed E-state index contributed by atoms with van der Waals surface area (Å²) in [6.45, 7) is 0. The van der Waals surface area contributed by atoms with Gasteiger partial charge in [0, 0.05) is 6.21 Å². The Hall–Kier alpha value is -2.29. The van der Waals surface area contributed by atoms with Crippen molar-refractivity contribution in [2.45, 2.75) is 10.1 Å². The van der Waals surface area contributed by atoms with Crippen LogP contribution < -0.4 is 0 Å². The number of thioether (sulfide) groups is 1. The van der Waals surface area contributed by atoms with Crippen LogP contribution in [0.5, 0.6) is 5.75 Å². The van der Waals surface area contributed by atoms with Gasteiger partial charge in [0.2, 0.25) is 5.13 Å². The molecule has 0 spiro atoms. The highest BCUT2D eigenvalue weighted by Gasteiger charge is 2.07. The van der Waals surface area contributed by atoms with E-state index in [1.165, 1.54) is 16.0 Å². The second-order valence-corrected chi connectivity index (χ2v) is 8.36. The van der Waals surface area contributed by atoms with Gasteiger partial charge >= 0.3 is 0 Å². The van der Waals surface area contributed by atoms with E-state index in [0.29, 0.717) is 5.13 Å². The Morgan fingerprint density at radius 3 is 2.72 bits per heavy atom. The van der Waals surface area contributed by atoms with Gasteiger partial charge in [0.1, 0.15) is 10.8 Å². The largest absolute Gasteiger partial charge is 0.508 e. The number of rotatable bonds is 5. The third kappa shape index (κ3) is 4.04. The van der Waals surface area contributed by atoms with Crippen molar-refractivity contribution < 1.29 is 5.11 Å². The van der Waals surface area contributed by atoms with E-state index in [0.717, 1.165) is 26.2 Å². The van der Waals surface area contributed by atoms with E-state index >= 15 is 0 Å². The van der Waals surface area contributed by atoms with E-state index in [-0.39, 0.29) is 5.75 Å². The molecule has 0 aliphatic carbocycles. The van der Waals surface area contributed by atoms with Crippen molar-refractivity contribution in [2.75, 3.05) is 0 Å². The number of aromatic nitrogens is 3. The highest BCUT2D eigenvalue weighted by molar-refractivity contribution is 8.00. The first kappa shape index (κ1) is 16.2. The first-order valence-corrected chi connectivity index (χ1v) is 10.0. The third-order valence-electron chi connectivity index (χ3n) is 3.27. The molecule has 2 heterocycles. The summed E-state index contributed by atoms with van der Waals surface area (Å²) in [5.41, 5.74) is 1.94. The topological polar surface area (TPSA) is 71.3 Å². The van der Waals surface area contributed by atoms with Gasteiger partial charge < -0.3 is 5.11 Å². The summed E-state index contributed by atoms with van der Waals surface area (Å²) in [5.74, 6) is 0.967. The zero-order valence-corrected chi connectivity index (χ0v) is 15.3. The number of phenols is 1. The zero-order valence-electron chi connectivity index (χ0n) is 12.9. The number of hydrogen-bond donors (Lipinski definition) is 1. The Morgan fingerprint density at radius 1 is 1.04 bits per heavy atom. The first-order chi connectivity index (χ1) is 12.3. The quantitative estimate of drug-likeness (QED) is 0.391. The van der Waals surface area contributed by atoms with Crippen LogP contribution in [0, 0.1) is 0 Å². The fraction of sp³-hybridized carbons (Fsp3) is 0.0588. The summed E-state index contributed by atoms with van der Waals surface area (Å²) in [7, 11) is 0. The van der Waals surface area contributed by atoms with Crippen LogP contribution in [0.2, 0.25) is 0 Å². The predicted octanol–water partition coefficient (Wildman–Crippen LogP) is 4.90. The number of hydrogen-bond acceptors (Lipinski definition) is 8. The van der Waals surface area contributed by atoms with Crippen molar-refractivity contribution in [3.8, 4) is 5.75 Å². The lowest BCUT2D eigenvalue weighted by atomic mass is 10.2. The van der Waals surface area contributed by atoms with Crippen LogP contribution in [-0.4, -0.2) is 26.5 Å². The van der Waals surface area contributed by atoms with E-state index in [1.807, 2.05) is 18.2 Å². The summed E-state index contributed by atoms with van der Waals surface area (Å²) in [4.78, 5) is 8.94. The Kier molecular flexibility index (Phi) is 4.73. The minimum Gasteiger partial charge on any atom is -0.508 e. The molecular formula is C17H12N4OS3. The number of benzene rings is 2. The molecule has 2 aromatic heterocycles. The van der Waals surface area contributed by atoms with Gasteiger partial charge in [0.25, 0.3) is 0 Å². The zero-order chi connectivity index (χ0) is 17.1. The molecule has 124 valence electrons. The van der Waals surface area contributed by atoms with Crippen molar-refractivity contribution in [3.05, 3.63) is 59.1 Å². The van der Waals surface area contributed by atoms with Gasteiger partial charge in [0.15, 0.2) is 4.34 Å². The molecule has 0 amide bonds. The molecule has 4 aromatic rings. The van der Waals surface area contributed by atoms with Crippen molar-refractivity contribution in [3.63, 3.8) is 0 Å². The SMILES string of the molecule is Oc1ccc(/C=N/c2nnc(CSc3nc4ccccc4s3)s2)cc1. The lowest BCUT2D eigenvalue weighted by Gasteiger charge is -1.92. The molecule has 8 heteroatoms. The summed E-state index contributed by atoms with van der Waals surface area (Å²) in [5, 5.41) is 19.1. The molecule has 5 nitrogen and oxygen atoms in total. The molecule has 0 unspecified atom stereocenters. The molecule has 0 aliphatic rings.